The summed E-state index contributed by atoms with van der Waals surface area (Å²) in [6.45, 7) is 5.61. The Hall–Kier alpha value is -2.82. The van der Waals surface area contributed by atoms with Gasteiger partial charge in [-0.15, -0.1) is 0 Å². The van der Waals surface area contributed by atoms with Gasteiger partial charge in [0.1, 0.15) is 11.5 Å². The maximum absolute atomic E-state index is 13.0. The Bertz CT molecular complexity index is 912. The molecule has 0 aliphatic carbocycles. The zero-order valence-corrected chi connectivity index (χ0v) is 15.2. The van der Waals surface area contributed by atoms with Crippen LogP contribution in [0.1, 0.15) is 41.6 Å². The molecule has 0 radical (unpaired) electrons. The molecule has 0 bridgehead atoms. The number of nitrogens with zero attached hydrogens (tertiary/aromatic N) is 2. The van der Waals surface area contributed by atoms with Gasteiger partial charge in [-0.1, -0.05) is 37.3 Å². The second-order valence-corrected chi connectivity index (χ2v) is 7.33. The van der Waals surface area contributed by atoms with E-state index in [0.29, 0.717) is 18.0 Å². The number of piperidine rings is 1. The highest BCUT2D eigenvalue weighted by Gasteiger charge is 2.35. The Morgan fingerprint density at radius 1 is 1.23 bits per heavy atom. The van der Waals surface area contributed by atoms with Crippen molar-refractivity contribution in [1.29, 1.82) is 0 Å². The molecule has 3 aromatic rings. The third-order valence-corrected chi connectivity index (χ3v) is 5.26. The van der Waals surface area contributed by atoms with Crippen molar-refractivity contribution in [2.45, 2.75) is 32.1 Å². The number of hydrogen-bond donors (Lipinski definition) is 1. The van der Waals surface area contributed by atoms with Gasteiger partial charge in [0, 0.05) is 24.6 Å². The summed E-state index contributed by atoms with van der Waals surface area (Å²) >= 11 is 0. The zero-order chi connectivity index (χ0) is 18.1. The number of aromatic nitrogens is 2. The number of likely N-dealkylation sites (tertiary alicyclic amines) is 1. The molecule has 1 aliphatic rings. The number of rotatable bonds is 3. The van der Waals surface area contributed by atoms with Crippen LogP contribution < -0.4 is 0 Å². The van der Waals surface area contributed by atoms with Gasteiger partial charge in [0.05, 0.1) is 0 Å². The topological polar surface area (TPSA) is 62.1 Å². The Morgan fingerprint density at radius 3 is 2.77 bits per heavy atom. The summed E-state index contributed by atoms with van der Waals surface area (Å²) in [5.41, 5.74) is 2.42. The minimum absolute atomic E-state index is 0.0214. The van der Waals surface area contributed by atoms with Gasteiger partial charge in [-0.25, -0.2) is 0 Å². The lowest BCUT2D eigenvalue weighted by Gasteiger charge is -2.40. The lowest BCUT2D eigenvalue weighted by atomic mass is 9.76. The first-order chi connectivity index (χ1) is 12.5. The van der Waals surface area contributed by atoms with Crippen molar-refractivity contribution in [2.75, 3.05) is 13.1 Å². The van der Waals surface area contributed by atoms with Gasteiger partial charge >= 0.3 is 0 Å². The molecule has 5 nitrogen and oxygen atoms in total. The molecule has 1 aliphatic heterocycles. The lowest BCUT2D eigenvalue weighted by Crippen LogP contribution is -2.47. The molecule has 2 aromatic heterocycles. The minimum Gasteiger partial charge on any atom is -0.460 e. The summed E-state index contributed by atoms with van der Waals surface area (Å²) in [5, 5.41) is 7.14. The molecule has 1 saturated heterocycles. The van der Waals surface area contributed by atoms with Crippen molar-refractivity contribution in [1.82, 2.24) is 15.1 Å². The maximum atomic E-state index is 13.0. The molecule has 0 saturated carbocycles. The zero-order valence-electron chi connectivity index (χ0n) is 15.2. The van der Waals surface area contributed by atoms with Crippen LogP contribution in [0.15, 0.2) is 52.9 Å². The monoisotopic (exact) mass is 349 g/mol. The smallest absolute Gasteiger partial charge is 0.274 e. The molecule has 1 atom stereocenters. The van der Waals surface area contributed by atoms with Crippen molar-refractivity contribution in [3.05, 3.63) is 65.5 Å². The van der Waals surface area contributed by atoms with Gasteiger partial charge in [-0.3, -0.25) is 9.89 Å². The first kappa shape index (κ1) is 16.6. The predicted molar refractivity (Wildman–Crippen MR) is 100.0 cm³/mol. The molecule has 0 unspecified atom stereocenters. The van der Waals surface area contributed by atoms with Gasteiger partial charge < -0.3 is 9.32 Å². The van der Waals surface area contributed by atoms with Crippen LogP contribution in [0.4, 0.5) is 0 Å². The van der Waals surface area contributed by atoms with Crippen molar-refractivity contribution >= 4 is 5.91 Å². The van der Waals surface area contributed by atoms with Crippen molar-refractivity contribution in [3.8, 4) is 11.5 Å². The van der Waals surface area contributed by atoms with Crippen molar-refractivity contribution < 1.29 is 9.21 Å². The summed E-state index contributed by atoms with van der Waals surface area (Å²) in [6, 6.07) is 16.0. The first-order valence-electron chi connectivity index (χ1n) is 9.02. The van der Waals surface area contributed by atoms with E-state index in [1.54, 1.807) is 6.07 Å². The number of benzene rings is 1. The SMILES string of the molecule is Cc1ccc(-c2cc(C(=O)N3CCC[C@](C)(c4ccccc4)C3)n[nH]2)o1. The second kappa shape index (κ2) is 6.48. The third-order valence-electron chi connectivity index (χ3n) is 5.26. The number of nitrogens with one attached hydrogen (secondary N) is 1. The number of furan rings is 1. The number of aromatic amines is 1. The average Bonchev–Trinajstić information content (AvgIpc) is 3.31. The molecule has 1 aromatic carbocycles. The van der Waals surface area contributed by atoms with Gasteiger partial charge in [0.25, 0.3) is 5.91 Å². The molecule has 26 heavy (non-hydrogen) atoms. The highest BCUT2D eigenvalue weighted by Crippen LogP contribution is 2.34. The van der Waals surface area contributed by atoms with Crippen LogP contribution in [0.25, 0.3) is 11.5 Å². The van der Waals surface area contributed by atoms with E-state index in [0.717, 1.165) is 30.8 Å². The fraction of sp³-hybridized carbons (Fsp3) is 0.333. The normalized spacial score (nSPS) is 20.3. The molecular weight excluding hydrogens is 326 g/mol. The maximum Gasteiger partial charge on any atom is 0.274 e. The number of aryl methyl sites for hydroxylation is 1. The number of H-pyrrole nitrogens is 1. The molecule has 5 heteroatoms. The predicted octanol–water partition coefficient (Wildman–Crippen LogP) is 4.17. The van der Waals surface area contributed by atoms with E-state index >= 15 is 0 Å². The van der Waals surface area contributed by atoms with Crippen LogP contribution in [-0.2, 0) is 5.41 Å². The molecule has 1 N–H and O–H groups in total. The quantitative estimate of drug-likeness (QED) is 0.772. The Kier molecular flexibility index (Phi) is 4.15. The molecule has 1 fully saturated rings. The summed E-state index contributed by atoms with van der Waals surface area (Å²) in [4.78, 5) is 14.9. The fourth-order valence-electron chi connectivity index (χ4n) is 3.79. The molecule has 134 valence electrons. The summed E-state index contributed by atoms with van der Waals surface area (Å²) < 4.78 is 5.60. The molecule has 0 spiro atoms. The number of hydrogen-bond acceptors (Lipinski definition) is 3. The summed E-state index contributed by atoms with van der Waals surface area (Å²) in [6.07, 6.45) is 2.07. The molecular formula is C21H23N3O2. The van der Waals surface area contributed by atoms with Gasteiger partial charge in [-0.2, -0.15) is 5.10 Å². The van der Waals surface area contributed by atoms with E-state index < -0.39 is 0 Å². The summed E-state index contributed by atoms with van der Waals surface area (Å²) in [7, 11) is 0. The van der Waals surface area contributed by atoms with Crippen LogP contribution in [0.5, 0.6) is 0 Å². The number of amides is 1. The van der Waals surface area contributed by atoms with Gasteiger partial charge in [0.2, 0.25) is 0 Å². The Labute approximate surface area is 153 Å². The number of carbonyl (C=O) groups is 1. The molecule has 3 heterocycles. The largest absolute Gasteiger partial charge is 0.460 e. The highest BCUT2D eigenvalue weighted by molar-refractivity contribution is 5.93. The first-order valence-corrected chi connectivity index (χ1v) is 9.02. The van der Waals surface area contributed by atoms with Crippen molar-refractivity contribution in [2.24, 2.45) is 0 Å². The van der Waals surface area contributed by atoms with E-state index in [1.807, 2.05) is 30.0 Å². The van der Waals surface area contributed by atoms with Crippen LogP contribution in [0, 0.1) is 6.92 Å². The Balaban J connectivity index is 1.54. The minimum atomic E-state index is -0.0300. The lowest BCUT2D eigenvalue weighted by molar-refractivity contribution is 0.0645. The van der Waals surface area contributed by atoms with E-state index in [9.17, 15) is 4.79 Å². The standard InChI is InChI=1S/C21H23N3O2/c1-15-9-10-19(26-15)17-13-18(23-22-17)20(25)24-12-6-11-21(2,14-24)16-7-4-3-5-8-16/h3-5,7-10,13H,6,11-12,14H2,1-2H3,(H,22,23)/t21-/m0/s1. The van der Waals surface area contributed by atoms with Crippen LogP contribution in [-0.4, -0.2) is 34.1 Å². The van der Waals surface area contributed by atoms with Crippen LogP contribution >= 0.6 is 0 Å². The summed E-state index contributed by atoms with van der Waals surface area (Å²) in [5.74, 6) is 1.50. The van der Waals surface area contributed by atoms with E-state index in [2.05, 4.69) is 41.4 Å². The number of carbonyl (C=O) groups excluding carboxylic acids is 1. The fourth-order valence-corrected chi connectivity index (χ4v) is 3.79. The van der Waals surface area contributed by atoms with Crippen molar-refractivity contribution in [3.63, 3.8) is 0 Å². The van der Waals surface area contributed by atoms with Crippen LogP contribution in [0.3, 0.4) is 0 Å². The highest BCUT2D eigenvalue weighted by atomic mass is 16.3. The van der Waals surface area contributed by atoms with Gasteiger partial charge in [0.15, 0.2) is 11.5 Å². The molecule has 4 rings (SSSR count). The van der Waals surface area contributed by atoms with E-state index in [-0.39, 0.29) is 11.3 Å². The second-order valence-electron chi connectivity index (χ2n) is 7.33. The molecule has 1 amide bonds. The van der Waals surface area contributed by atoms with Crippen LogP contribution in [0.2, 0.25) is 0 Å². The third kappa shape index (κ3) is 3.05. The van der Waals surface area contributed by atoms with Gasteiger partial charge in [-0.05, 0) is 37.5 Å². The average molecular weight is 349 g/mol. The van der Waals surface area contributed by atoms with E-state index in [1.165, 1.54) is 5.56 Å². The van der Waals surface area contributed by atoms with E-state index in [4.69, 9.17) is 4.42 Å². The Morgan fingerprint density at radius 2 is 2.04 bits per heavy atom.